The maximum absolute atomic E-state index is 10.6. The molecule has 2 bridgehead atoms. The molecule has 2 aliphatic heterocycles. The molecule has 2 atom stereocenters. The van der Waals surface area contributed by atoms with Crippen molar-refractivity contribution >= 4 is 18.1 Å². The Morgan fingerprint density at radius 1 is 1.20 bits per heavy atom. The first-order valence-corrected chi connectivity index (χ1v) is 6.92. The van der Waals surface area contributed by atoms with Crippen LogP contribution < -0.4 is 5.32 Å². The van der Waals surface area contributed by atoms with Gasteiger partial charge < -0.3 is 5.32 Å². The van der Waals surface area contributed by atoms with E-state index in [9.17, 15) is 10.1 Å². The fourth-order valence-corrected chi connectivity index (χ4v) is 3.14. The van der Waals surface area contributed by atoms with Gasteiger partial charge >= 0.3 is 0 Å². The number of non-ortho nitro benzene ring substituents is 1. The molecule has 1 aromatic carbocycles. The molecule has 2 fully saturated rings. The third-order valence-electron chi connectivity index (χ3n) is 4.16. The maximum atomic E-state index is 10.6. The highest BCUT2D eigenvalue weighted by molar-refractivity contribution is 5.85. The van der Waals surface area contributed by atoms with Crippen LogP contribution in [-0.2, 0) is 6.54 Å². The minimum absolute atomic E-state index is 0. The van der Waals surface area contributed by atoms with E-state index >= 15 is 0 Å². The van der Waals surface area contributed by atoms with E-state index in [-0.39, 0.29) is 23.0 Å². The highest BCUT2D eigenvalue weighted by Crippen LogP contribution is 2.22. The molecule has 20 heavy (non-hydrogen) atoms. The average Bonchev–Trinajstić information content (AvgIpc) is 2.73. The third kappa shape index (κ3) is 3.48. The number of nitrogens with zero attached hydrogens (tertiary/aromatic N) is 2. The lowest BCUT2D eigenvalue weighted by Gasteiger charge is -2.23. The predicted octanol–water partition coefficient (Wildman–Crippen LogP) is 2.34. The number of fused-ring (bicyclic) bond motifs is 2. The lowest BCUT2D eigenvalue weighted by molar-refractivity contribution is -0.384. The fraction of sp³-hybridized carbons (Fsp3) is 0.571. The smallest absolute Gasteiger partial charge is 0.269 e. The van der Waals surface area contributed by atoms with Crippen LogP contribution in [0, 0.1) is 10.1 Å². The molecule has 3 rings (SSSR count). The van der Waals surface area contributed by atoms with Gasteiger partial charge in [0.1, 0.15) is 0 Å². The molecule has 2 saturated heterocycles. The minimum Gasteiger partial charge on any atom is -0.310 e. The van der Waals surface area contributed by atoms with Crippen molar-refractivity contribution < 1.29 is 4.92 Å². The summed E-state index contributed by atoms with van der Waals surface area (Å²) in [6.07, 6.45) is 3.81. The van der Waals surface area contributed by atoms with Crippen molar-refractivity contribution in [3.8, 4) is 0 Å². The van der Waals surface area contributed by atoms with Gasteiger partial charge in [0.25, 0.3) is 5.69 Å². The van der Waals surface area contributed by atoms with Gasteiger partial charge in [0.2, 0.25) is 0 Å². The van der Waals surface area contributed by atoms with Crippen molar-refractivity contribution in [2.24, 2.45) is 0 Å². The number of hydrogen-bond acceptors (Lipinski definition) is 4. The Morgan fingerprint density at radius 3 is 2.60 bits per heavy atom. The van der Waals surface area contributed by atoms with Crippen molar-refractivity contribution in [3.63, 3.8) is 0 Å². The summed E-state index contributed by atoms with van der Waals surface area (Å²) < 4.78 is 0. The van der Waals surface area contributed by atoms with Crippen molar-refractivity contribution in [2.75, 3.05) is 13.1 Å². The second-order valence-electron chi connectivity index (χ2n) is 5.59. The topological polar surface area (TPSA) is 58.4 Å². The molecule has 1 aromatic rings. The van der Waals surface area contributed by atoms with Crippen LogP contribution in [0.2, 0.25) is 0 Å². The summed E-state index contributed by atoms with van der Waals surface area (Å²) in [4.78, 5) is 12.7. The van der Waals surface area contributed by atoms with Crippen molar-refractivity contribution in [1.82, 2.24) is 10.2 Å². The Hall–Kier alpha value is -1.17. The quantitative estimate of drug-likeness (QED) is 0.687. The average molecular weight is 298 g/mol. The van der Waals surface area contributed by atoms with Crippen LogP contribution in [0.1, 0.15) is 24.8 Å². The normalized spacial score (nSPS) is 25.8. The molecule has 0 spiro atoms. The minimum atomic E-state index is -0.349. The molecule has 6 heteroatoms. The van der Waals surface area contributed by atoms with Gasteiger partial charge in [0, 0.05) is 43.9 Å². The van der Waals surface area contributed by atoms with Gasteiger partial charge in [0.15, 0.2) is 0 Å². The summed E-state index contributed by atoms with van der Waals surface area (Å²) in [6.45, 7) is 3.10. The van der Waals surface area contributed by atoms with E-state index in [0.29, 0.717) is 12.1 Å². The van der Waals surface area contributed by atoms with Crippen molar-refractivity contribution in [1.29, 1.82) is 0 Å². The predicted molar refractivity (Wildman–Crippen MR) is 80.2 cm³/mol. The van der Waals surface area contributed by atoms with E-state index in [2.05, 4.69) is 10.2 Å². The van der Waals surface area contributed by atoms with Gasteiger partial charge in [-0.2, -0.15) is 0 Å². The summed E-state index contributed by atoms with van der Waals surface area (Å²) in [6, 6.07) is 8.26. The van der Waals surface area contributed by atoms with Gasteiger partial charge in [-0.3, -0.25) is 15.0 Å². The highest BCUT2D eigenvalue weighted by Gasteiger charge is 2.28. The zero-order valence-electron chi connectivity index (χ0n) is 11.3. The molecule has 2 unspecified atom stereocenters. The van der Waals surface area contributed by atoms with Crippen LogP contribution in [0.4, 0.5) is 5.69 Å². The van der Waals surface area contributed by atoms with Crippen LogP contribution in [-0.4, -0.2) is 35.0 Å². The zero-order valence-corrected chi connectivity index (χ0v) is 12.1. The largest absolute Gasteiger partial charge is 0.310 e. The first kappa shape index (κ1) is 15.2. The fourth-order valence-electron chi connectivity index (χ4n) is 3.14. The van der Waals surface area contributed by atoms with Crippen molar-refractivity contribution in [2.45, 2.75) is 37.9 Å². The lowest BCUT2D eigenvalue weighted by Crippen LogP contribution is -2.34. The molecule has 0 saturated carbocycles. The number of hydrogen-bond donors (Lipinski definition) is 1. The molecule has 0 aromatic heterocycles. The van der Waals surface area contributed by atoms with Gasteiger partial charge in [-0.25, -0.2) is 0 Å². The molecule has 0 radical (unpaired) electrons. The summed E-state index contributed by atoms with van der Waals surface area (Å²) in [7, 11) is 0. The second kappa shape index (κ2) is 6.52. The van der Waals surface area contributed by atoms with Gasteiger partial charge in [-0.05, 0) is 24.8 Å². The number of rotatable bonds is 3. The number of benzene rings is 1. The molecule has 0 aliphatic carbocycles. The van der Waals surface area contributed by atoms with Gasteiger partial charge in [-0.15, -0.1) is 12.4 Å². The second-order valence-corrected chi connectivity index (χ2v) is 5.59. The Bertz CT molecular complexity index is 466. The van der Waals surface area contributed by atoms with Gasteiger partial charge in [0.05, 0.1) is 4.92 Å². The summed E-state index contributed by atoms with van der Waals surface area (Å²) in [5.41, 5.74) is 1.32. The van der Waals surface area contributed by atoms with E-state index < -0.39 is 0 Å². The van der Waals surface area contributed by atoms with Gasteiger partial charge in [-0.1, -0.05) is 12.1 Å². The molecule has 2 heterocycles. The van der Waals surface area contributed by atoms with Crippen LogP contribution in [0.3, 0.4) is 0 Å². The van der Waals surface area contributed by atoms with Crippen LogP contribution in [0.15, 0.2) is 24.3 Å². The maximum Gasteiger partial charge on any atom is 0.269 e. The SMILES string of the molecule is Cl.O=[N+]([O-])c1ccc(CN2CCC3CCC(C2)N3)cc1. The lowest BCUT2D eigenvalue weighted by atomic mass is 10.1. The number of likely N-dealkylation sites (tertiary alicyclic amines) is 1. The Labute approximate surface area is 124 Å². The first-order chi connectivity index (χ1) is 9.20. The number of nitrogens with one attached hydrogen (secondary N) is 1. The number of nitro benzene ring substituents is 1. The zero-order chi connectivity index (χ0) is 13.2. The molecule has 2 aliphatic rings. The Kier molecular flexibility index (Phi) is 4.96. The summed E-state index contributed by atoms with van der Waals surface area (Å²) >= 11 is 0. The summed E-state index contributed by atoms with van der Waals surface area (Å²) in [5.74, 6) is 0. The van der Waals surface area contributed by atoms with Crippen molar-refractivity contribution in [3.05, 3.63) is 39.9 Å². The Balaban J connectivity index is 0.00000147. The molecular weight excluding hydrogens is 278 g/mol. The van der Waals surface area contributed by atoms with E-state index in [1.54, 1.807) is 12.1 Å². The molecule has 110 valence electrons. The van der Waals surface area contributed by atoms with Crippen LogP contribution >= 0.6 is 12.4 Å². The highest BCUT2D eigenvalue weighted by atomic mass is 35.5. The van der Waals surface area contributed by atoms with E-state index in [1.807, 2.05) is 12.1 Å². The molecular formula is C14H20ClN3O2. The number of halogens is 1. The van der Waals surface area contributed by atoms with E-state index in [4.69, 9.17) is 0 Å². The molecule has 1 N–H and O–H groups in total. The van der Waals surface area contributed by atoms with E-state index in [1.165, 1.54) is 19.3 Å². The Morgan fingerprint density at radius 2 is 1.90 bits per heavy atom. The van der Waals surface area contributed by atoms with E-state index in [0.717, 1.165) is 25.2 Å². The monoisotopic (exact) mass is 297 g/mol. The first-order valence-electron chi connectivity index (χ1n) is 6.92. The molecule has 5 nitrogen and oxygen atoms in total. The standard InChI is InChI=1S/C14H19N3O2.ClH/c18-17(19)14-5-1-11(2-6-14)9-16-8-7-12-3-4-13(10-16)15-12;/h1-2,5-6,12-13,15H,3-4,7-10H2;1H. The molecule has 0 amide bonds. The summed E-state index contributed by atoms with van der Waals surface area (Å²) in [5, 5.41) is 14.3. The van der Waals surface area contributed by atoms with Crippen LogP contribution in [0.25, 0.3) is 0 Å². The van der Waals surface area contributed by atoms with Crippen LogP contribution in [0.5, 0.6) is 0 Å². The third-order valence-corrected chi connectivity index (χ3v) is 4.16. The number of nitro groups is 1.